The molecule has 2 saturated carbocycles. The van der Waals surface area contributed by atoms with Gasteiger partial charge < -0.3 is 4.57 Å². The average molecular weight is 246 g/mol. The molecule has 1 unspecified atom stereocenters. The molecule has 0 spiro atoms. The Morgan fingerprint density at radius 2 is 1.67 bits per heavy atom. The van der Waals surface area contributed by atoms with Crippen molar-refractivity contribution in [1.29, 1.82) is 0 Å². The lowest BCUT2D eigenvalue weighted by atomic mass is 9.73. The van der Waals surface area contributed by atoms with Gasteiger partial charge in [0, 0.05) is 17.9 Å². The van der Waals surface area contributed by atoms with Crippen LogP contribution in [0.25, 0.3) is 0 Å². The molecule has 0 N–H and O–H groups in total. The maximum absolute atomic E-state index is 4.28. The maximum atomic E-state index is 4.28. The summed E-state index contributed by atoms with van der Waals surface area (Å²) in [4.78, 5) is 4.28. The van der Waals surface area contributed by atoms with E-state index in [1.807, 2.05) is 12.5 Å². The fourth-order valence-corrected chi connectivity index (χ4v) is 4.03. The highest BCUT2D eigenvalue weighted by molar-refractivity contribution is 4.93. The highest BCUT2D eigenvalue weighted by atomic mass is 15.1. The van der Waals surface area contributed by atoms with Crippen LogP contribution in [0, 0.1) is 11.8 Å². The Labute approximate surface area is 111 Å². The SMILES string of the molecule is CC(CC1CCCC1)(CC1CCC1)n1ccnc1. The lowest BCUT2D eigenvalue weighted by molar-refractivity contribution is 0.147. The van der Waals surface area contributed by atoms with Gasteiger partial charge >= 0.3 is 0 Å². The van der Waals surface area contributed by atoms with E-state index >= 15 is 0 Å². The predicted octanol–water partition coefficient (Wildman–Crippen LogP) is 4.37. The van der Waals surface area contributed by atoms with E-state index in [9.17, 15) is 0 Å². The molecule has 0 radical (unpaired) electrons. The second-order valence-electron chi connectivity index (χ2n) is 6.82. The Hall–Kier alpha value is -0.790. The second-order valence-corrected chi connectivity index (χ2v) is 6.82. The topological polar surface area (TPSA) is 17.8 Å². The van der Waals surface area contributed by atoms with E-state index in [0.29, 0.717) is 5.54 Å². The van der Waals surface area contributed by atoms with Crippen molar-refractivity contribution in [1.82, 2.24) is 9.55 Å². The zero-order valence-corrected chi connectivity index (χ0v) is 11.6. The molecular weight excluding hydrogens is 220 g/mol. The molecule has 100 valence electrons. The summed E-state index contributed by atoms with van der Waals surface area (Å²) in [7, 11) is 0. The highest BCUT2D eigenvalue weighted by Crippen LogP contribution is 2.42. The van der Waals surface area contributed by atoms with Crippen LogP contribution in [0.1, 0.15) is 64.7 Å². The molecule has 2 fully saturated rings. The van der Waals surface area contributed by atoms with Gasteiger partial charge in [-0.05, 0) is 31.6 Å². The molecule has 2 heteroatoms. The third-order valence-corrected chi connectivity index (χ3v) is 5.28. The molecule has 1 aromatic heterocycles. The number of rotatable bonds is 5. The van der Waals surface area contributed by atoms with E-state index in [1.165, 1.54) is 57.8 Å². The Kier molecular flexibility index (Phi) is 3.45. The van der Waals surface area contributed by atoms with E-state index in [-0.39, 0.29) is 0 Å². The molecule has 0 saturated heterocycles. The molecule has 1 aromatic rings. The van der Waals surface area contributed by atoms with Crippen molar-refractivity contribution >= 4 is 0 Å². The first-order valence-electron chi connectivity index (χ1n) is 7.75. The lowest BCUT2D eigenvalue weighted by Gasteiger charge is -2.39. The van der Waals surface area contributed by atoms with Crippen molar-refractivity contribution in [2.24, 2.45) is 11.8 Å². The Balaban J connectivity index is 1.73. The van der Waals surface area contributed by atoms with Crippen molar-refractivity contribution < 1.29 is 0 Å². The van der Waals surface area contributed by atoms with Crippen LogP contribution in [-0.2, 0) is 5.54 Å². The lowest BCUT2D eigenvalue weighted by Crippen LogP contribution is -2.35. The molecule has 2 aliphatic carbocycles. The van der Waals surface area contributed by atoms with Gasteiger partial charge in [-0.1, -0.05) is 44.9 Å². The van der Waals surface area contributed by atoms with Crippen LogP contribution < -0.4 is 0 Å². The molecule has 1 heterocycles. The van der Waals surface area contributed by atoms with Crippen LogP contribution >= 0.6 is 0 Å². The van der Waals surface area contributed by atoms with Crippen LogP contribution in [0.5, 0.6) is 0 Å². The van der Waals surface area contributed by atoms with Gasteiger partial charge in [0.25, 0.3) is 0 Å². The van der Waals surface area contributed by atoms with Crippen LogP contribution in [-0.4, -0.2) is 9.55 Å². The van der Waals surface area contributed by atoms with Gasteiger partial charge in [-0.15, -0.1) is 0 Å². The summed E-state index contributed by atoms with van der Waals surface area (Å²) in [6.07, 6.45) is 19.0. The molecular formula is C16H26N2. The summed E-state index contributed by atoms with van der Waals surface area (Å²) >= 11 is 0. The van der Waals surface area contributed by atoms with Crippen molar-refractivity contribution in [3.8, 4) is 0 Å². The molecule has 1 atom stereocenters. The highest BCUT2D eigenvalue weighted by Gasteiger charge is 2.35. The average Bonchev–Trinajstić information content (AvgIpc) is 2.95. The standard InChI is InChI=1S/C16H26N2/c1-16(12-15-7-4-8-15,18-10-9-17-13-18)11-14-5-2-3-6-14/h9-10,13-15H,2-8,11-12H2,1H3. The molecule has 3 rings (SSSR count). The smallest absolute Gasteiger partial charge is 0.0951 e. The van der Waals surface area contributed by atoms with Gasteiger partial charge in [0.05, 0.1) is 6.33 Å². The van der Waals surface area contributed by atoms with E-state index in [1.54, 1.807) is 0 Å². The first-order chi connectivity index (χ1) is 8.76. The number of imidazole rings is 1. The van der Waals surface area contributed by atoms with Crippen molar-refractivity contribution in [2.45, 2.75) is 70.3 Å². The Morgan fingerprint density at radius 3 is 2.11 bits per heavy atom. The third kappa shape index (κ3) is 2.48. The molecule has 2 aliphatic rings. The first kappa shape index (κ1) is 12.3. The van der Waals surface area contributed by atoms with Gasteiger partial charge in [0.15, 0.2) is 0 Å². The zero-order valence-electron chi connectivity index (χ0n) is 11.6. The third-order valence-electron chi connectivity index (χ3n) is 5.28. The minimum atomic E-state index is 0.316. The quantitative estimate of drug-likeness (QED) is 0.754. The minimum Gasteiger partial charge on any atom is -0.332 e. The van der Waals surface area contributed by atoms with Gasteiger partial charge in [-0.2, -0.15) is 0 Å². The van der Waals surface area contributed by atoms with Gasteiger partial charge in [-0.3, -0.25) is 0 Å². The number of hydrogen-bond donors (Lipinski definition) is 0. The molecule has 0 aliphatic heterocycles. The Morgan fingerprint density at radius 1 is 1.06 bits per heavy atom. The summed E-state index contributed by atoms with van der Waals surface area (Å²) in [6.45, 7) is 2.46. The normalized spacial score (nSPS) is 24.9. The summed E-state index contributed by atoms with van der Waals surface area (Å²) < 4.78 is 2.39. The fourth-order valence-electron chi connectivity index (χ4n) is 4.03. The summed E-state index contributed by atoms with van der Waals surface area (Å²) in [6, 6.07) is 0. The molecule has 18 heavy (non-hydrogen) atoms. The first-order valence-corrected chi connectivity index (χ1v) is 7.75. The van der Waals surface area contributed by atoms with Crippen LogP contribution in [0.4, 0.5) is 0 Å². The fraction of sp³-hybridized carbons (Fsp3) is 0.812. The van der Waals surface area contributed by atoms with E-state index < -0.39 is 0 Å². The number of aromatic nitrogens is 2. The molecule has 0 amide bonds. The molecule has 0 bridgehead atoms. The van der Waals surface area contributed by atoms with Crippen LogP contribution in [0.15, 0.2) is 18.7 Å². The van der Waals surface area contributed by atoms with Gasteiger partial charge in [0.1, 0.15) is 0 Å². The van der Waals surface area contributed by atoms with Crippen molar-refractivity contribution in [3.05, 3.63) is 18.7 Å². The minimum absolute atomic E-state index is 0.316. The van der Waals surface area contributed by atoms with E-state index in [4.69, 9.17) is 0 Å². The second kappa shape index (κ2) is 5.07. The molecule has 0 aromatic carbocycles. The predicted molar refractivity (Wildman–Crippen MR) is 74.4 cm³/mol. The summed E-state index contributed by atoms with van der Waals surface area (Å²) in [5.74, 6) is 1.93. The number of hydrogen-bond acceptors (Lipinski definition) is 1. The zero-order chi connectivity index (χ0) is 12.4. The maximum Gasteiger partial charge on any atom is 0.0951 e. The summed E-state index contributed by atoms with van der Waals surface area (Å²) in [5, 5.41) is 0. The van der Waals surface area contributed by atoms with Crippen molar-refractivity contribution in [2.75, 3.05) is 0 Å². The van der Waals surface area contributed by atoms with E-state index in [2.05, 4.69) is 22.7 Å². The van der Waals surface area contributed by atoms with Crippen molar-refractivity contribution in [3.63, 3.8) is 0 Å². The van der Waals surface area contributed by atoms with Crippen LogP contribution in [0.2, 0.25) is 0 Å². The monoisotopic (exact) mass is 246 g/mol. The molecule has 2 nitrogen and oxygen atoms in total. The van der Waals surface area contributed by atoms with Crippen LogP contribution in [0.3, 0.4) is 0 Å². The van der Waals surface area contributed by atoms with Gasteiger partial charge in [-0.25, -0.2) is 4.98 Å². The Bertz CT molecular complexity index is 360. The van der Waals surface area contributed by atoms with Gasteiger partial charge in [0.2, 0.25) is 0 Å². The largest absolute Gasteiger partial charge is 0.332 e. The summed E-state index contributed by atoms with van der Waals surface area (Å²) in [5.41, 5.74) is 0.316. The van der Waals surface area contributed by atoms with E-state index in [0.717, 1.165) is 11.8 Å². The number of nitrogens with zero attached hydrogens (tertiary/aromatic N) is 2.